The number of hydrogen-bond acceptors (Lipinski definition) is 3. The molecule has 1 N–H and O–H groups in total. The number of hydrogen-bond donors (Lipinski definition) is 1. The van der Waals surface area contributed by atoms with Crippen LogP contribution in [-0.4, -0.2) is 54.3 Å². The predicted octanol–water partition coefficient (Wildman–Crippen LogP) is 2.26. The lowest BCUT2D eigenvalue weighted by Crippen LogP contribution is -2.46. The minimum atomic E-state index is -0.546. The summed E-state index contributed by atoms with van der Waals surface area (Å²) in [6.45, 7) is 8.72. The Bertz CT molecular complexity index is 559. The predicted molar refractivity (Wildman–Crippen MR) is 89.8 cm³/mol. The Kier molecular flexibility index (Phi) is 7.16. The van der Waals surface area contributed by atoms with Gasteiger partial charge in [0.15, 0.2) is 0 Å². The van der Waals surface area contributed by atoms with Crippen molar-refractivity contribution in [3.05, 3.63) is 29.6 Å². The SMILES string of the molecule is CCN(CC)C(=O)CN(C)C(C)C(=O)Nc1ccc(C)cc1F. The highest BCUT2D eigenvalue weighted by atomic mass is 19.1. The lowest BCUT2D eigenvalue weighted by Gasteiger charge is -2.26. The second-order valence-corrected chi connectivity index (χ2v) is 5.63. The molecule has 128 valence electrons. The van der Waals surface area contributed by atoms with Crippen LogP contribution in [0.1, 0.15) is 26.3 Å². The van der Waals surface area contributed by atoms with Crippen LogP contribution in [0.25, 0.3) is 0 Å². The van der Waals surface area contributed by atoms with E-state index in [1.165, 1.54) is 12.1 Å². The second kappa shape index (κ2) is 8.62. The van der Waals surface area contributed by atoms with Crippen LogP contribution >= 0.6 is 0 Å². The Morgan fingerprint density at radius 3 is 2.39 bits per heavy atom. The number of aryl methyl sites for hydroxylation is 1. The van der Waals surface area contributed by atoms with Gasteiger partial charge in [-0.1, -0.05) is 6.07 Å². The molecule has 23 heavy (non-hydrogen) atoms. The third kappa shape index (κ3) is 5.32. The minimum absolute atomic E-state index is 0.0290. The number of rotatable bonds is 7. The molecule has 0 fully saturated rings. The zero-order chi connectivity index (χ0) is 17.6. The zero-order valence-corrected chi connectivity index (χ0v) is 14.5. The fraction of sp³-hybridized carbons (Fsp3) is 0.529. The van der Waals surface area contributed by atoms with Gasteiger partial charge in [0.05, 0.1) is 18.3 Å². The average Bonchev–Trinajstić information content (AvgIpc) is 2.50. The Morgan fingerprint density at radius 1 is 1.26 bits per heavy atom. The number of nitrogens with one attached hydrogen (secondary N) is 1. The van der Waals surface area contributed by atoms with Crippen molar-refractivity contribution in [2.24, 2.45) is 0 Å². The summed E-state index contributed by atoms with van der Waals surface area (Å²) in [7, 11) is 1.71. The van der Waals surface area contributed by atoms with Gasteiger partial charge in [-0.15, -0.1) is 0 Å². The van der Waals surface area contributed by atoms with Gasteiger partial charge in [0.25, 0.3) is 0 Å². The van der Waals surface area contributed by atoms with Crippen LogP contribution in [0.2, 0.25) is 0 Å². The summed E-state index contributed by atoms with van der Waals surface area (Å²) >= 11 is 0. The summed E-state index contributed by atoms with van der Waals surface area (Å²) in [6, 6.07) is 4.09. The molecule has 0 heterocycles. The van der Waals surface area contributed by atoms with Crippen molar-refractivity contribution in [2.45, 2.75) is 33.7 Å². The van der Waals surface area contributed by atoms with Crippen LogP contribution < -0.4 is 5.32 Å². The van der Waals surface area contributed by atoms with Crippen molar-refractivity contribution in [1.29, 1.82) is 0 Å². The molecule has 1 aromatic carbocycles. The van der Waals surface area contributed by atoms with Gasteiger partial charge in [0.1, 0.15) is 5.82 Å². The Labute approximate surface area is 137 Å². The molecule has 1 atom stereocenters. The van der Waals surface area contributed by atoms with Gasteiger partial charge in [0, 0.05) is 13.1 Å². The molecule has 0 saturated carbocycles. The number of halogens is 1. The van der Waals surface area contributed by atoms with E-state index < -0.39 is 11.9 Å². The third-order valence-electron chi connectivity index (χ3n) is 3.92. The largest absolute Gasteiger partial charge is 0.342 e. The molecule has 0 saturated heterocycles. The number of amides is 2. The molecule has 1 rings (SSSR count). The van der Waals surface area contributed by atoms with Crippen LogP contribution in [0, 0.1) is 12.7 Å². The molecule has 6 heteroatoms. The summed E-state index contributed by atoms with van der Waals surface area (Å²) in [5.74, 6) is -0.839. The van der Waals surface area contributed by atoms with Crippen LogP contribution in [0.5, 0.6) is 0 Å². The number of carbonyl (C=O) groups excluding carboxylic acids is 2. The molecule has 1 unspecified atom stereocenters. The van der Waals surface area contributed by atoms with Gasteiger partial charge in [-0.25, -0.2) is 4.39 Å². The number of anilines is 1. The summed E-state index contributed by atoms with van der Waals surface area (Å²) in [5.41, 5.74) is 0.936. The molecule has 0 aromatic heterocycles. The lowest BCUT2D eigenvalue weighted by atomic mass is 10.2. The first-order valence-electron chi connectivity index (χ1n) is 7.85. The van der Waals surface area contributed by atoms with E-state index >= 15 is 0 Å². The molecule has 5 nitrogen and oxygen atoms in total. The molecule has 0 spiro atoms. The topological polar surface area (TPSA) is 52.7 Å². The average molecular weight is 323 g/mol. The highest BCUT2D eigenvalue weighted by Gasteiger charge is 2.22. The quantitative estimate of drug-likeness (QED) is 0.837. The van der Waals surface area contributed by atoms with Crippen LogP contribution in [0.15, 0.2) is 18.2 Å². The van der Waals surface area contributed by atoms with Crippen LogP contribution in [-0.2, 0) is 9.59 Å². The zero-order valence-electron chi connectivity index (χ0n) is 14.5. The number of carbonyl (C=O) groups is 2. The highest BCUT2D eigenvalue weighted by molar-refractivity contribution is 5.95. The third-order valence-corrected chi connectivity index (χ3v) is 3.92. The molecular weight excluding hydrogens is 297 g/mol. The fourth-order valence-corrected chi connectivity index (χ4v) is 2.19. The molecule has 0 aliphatic carbocycles. The summed E-state index contributed by atoms with van der Waals surface area (Å²) in [6.07, 6.45) is 0. The van der Waals surface area contributed by atoms with Gasteiger partial charge in [-0.3, -0.25) is 14.5 Å². The number of likely N-dealkylation sites (N-methyl/N-ethyl adjacent to an activating group) is 2. The van der Waals surface area contributed by atoms with E-state index in [0.29, 0.717) is 13.1 Å². The minimum Gasteiger partial charge on any atom is -0.342 e. The van der Waals surface area contributed by atoms with E-state index in [4.69, 9.17) is 0 Å². The molecular formula is C17H26FN3O2. The monoisotopic (exact) mass is 323 g/mol. The van der Waals surface area contributed by atoms with Crippen molar-refractivity contribution in [2.75, 3.05) is 32.0 Å². The Balaban J connectivity index is 2.66. The lowest BCUT2D eigenvalue weighted by molar-refractivity contribution is -0.133. The summed E-state index contributed by atoms with van der Waals surface area (Å²) in [5, 5.41) is 2.57. The van der Waals surface area contributed by atoms with Crippen molar-refractivity contribution >= 4 is 17.5 Å². The summed E-state index contributed by atoms with van der Waals surface area (Å²) in [4.78, 5) is 27.7. The fourth-order valence-electron chi connectivity index (χ4n) is 2.19. The van der Waals surface area contributed by atoms with Crippen molar-refractivity contribution in [3.63, 3.8) is 0 Å². The maximum Gasteiger partial charge on any atom is 0.241 e. The van der Waals surface area contributed by atoms with Gasteiger partial charge < -0.3 is 10.2 Å². The van der Waals surface area contributed by atoms with Crippen molar-refractivity contribution in [3.8, 4) is 0 Å². The van der Waals surface area contributed by atoms with E-state index in [-0.39, 0.29) is 24.0 Å². The van der Waals surface area contributed by atoms with E-state index in [1.807, 2.05) is 13.8 Å². The molecule has 0 aliphatic heterocycles. The standard InChI is InChI=1S/C17H26FN3O2/c1-6-21(7-2)16(22)11-20(5)13(4)17(23)19-15-9-8-12(3)10-14(15)18/h8-10,13H,6-7,11H2,1-5H3,(H,19,23). The first-order valence-corrected chi connectivity index (χ1v) is 7.85. The van der Waals surface area contributed by atoms with E-state index in [2.05, 4.69) is 5.32 Å². The maximum absolute atomic E-state index is 13.8. The number of benzene rings is 1. The van der Waals surface area contributed by atoms with E-state index in [1.54, 1.807) is 36.8 Å². The Morgan fingerprint density at radius 2 is 1.87 bits per heavy atom. The van der Waals surface area contributed by atoms with Gasteiger partial charge >= 0.3 is 0 Å². The summed E-state index contributed by atoms with van der Waals surface area (Å²) < 4.78 is 13.8. The van der Waals surface area contributed by atoms with Crippen molar-refractivity contribution in [1.82, 2.24) is 9.80 Å². The van der Waals surface area contributed by atoms with Crippen LogP contribution in [0.3, 0.4) is 0 Å². The molecule has 1 aromatic rings. The van der Waals surface area contributed by atoms with Crippen molar-refractivity contribution < 1.29 is 14.0 Å². The molecule has 0 aliphatic rings. The number of nitrogens with zero attached hydrogens (tertiary/aromatic N) is 2. The highest BCUT2D eigenvalue weighted by Crippen LogP contribution is 2.16. The van der Waals surface area contributed by atoms with Gasteiger partial charge in [0.2, 0.25) is 11.8 Å². The maximum atomic E-state index is 13.8. The van der Waals surface area contributed by atoms with Gasteiger partial charge in [-0.2, -0.15) is 0 Å². The normalized spacial score (nSPS) is 12.1. The second-order valence-electron chi connectivity index (χ2n) is 5.63. The smallest absolute Gasteiger partial charge is 0.241 e. The Hall–Kier alpha value is -1.95. The van der Waals surface area contributed by atoms with E-state index in [0.717, 1.165) is 5.56 Å². The van der Waals surface area contributed by atoms with Crippen LogP contribution in [0.4, 0.5) is 10.1 Å². The first-order chi connectivity index (χ1) is 10.8. The van der Waals surface area contributed by atoms with Gasteiger partial charge in [-0.05, 0) is 52.4 Å². The molecule has 2 amide bonds. The molecule has 0 bridgehead atoms. The molecule has 0 radical (unpaired) electrons. The van der Waals surface area contributed by atoms with E-state index in [9.17, 15) is 14.0 Å². The first kappa shape index (κ1) is 19.1.